The van der Waals surface area contributed by atoms with Crippen LogP contribution in [0.25, 0.3) is 0 Å². The third kappa shape index (κ3) is 2.86. The van der Waals surface area contributed by atoms with Crippen LogP contribution >= 0.6 is 0 Å². The molecule has 0 rings (SSSR count). The van der Waals surface area contributed by atoms with E-state index in [-0.39, 0.29) is 0 Å². The van der Waals surface area contributed by atoms with Crippen molar-refractivity contribution in [3.63, 3.8) is 0 Å². The zero-order valence-electron chi connectivity index (χ0n) is 7.52. The molecular weight excluding hydrogens is 120 g/mol. The average Bonchev–Trinajstić information content (AvgIpc) is 1.87. The second-order valence-corrected chi connectivity index (χ2v) is 3.02. The lowest BCUT2D eigenvalue weighted by molar-refractivity contribution is 0.530. The molecule has 2 atom stereocenters. The molecule has 0 bridgehead atoms. The lowest BCUT2D eigenvalue weighted by Gasteiger charge is -2.15. The highest BCUT2D eigenvalue weighted by molar-refractivity contribution is 5.01. The van der Waals surface area contributed by atoms with Crippen molar-refractivity contribution in [1.82, 2.24) is 0 Å². The molecule has 0 aromatic carbocycles. The number of hydrogen-bond donors (Lipinski definition) is 0. The maximum absolute atomic E-state index is 3.92. The van der Waals surface area contributed by atoms with Gasteiger partial charge in [0.05, 0.1) is 0 Å². The first-order chi connectivity index (χ1) is 4.59. The van der Waals surface area contributed by atoms with Gasteiger partial charge in [-0.25, -0.2) is 0 Å². The smallest absolute Gasteiger partial charge is 0.0177 e. The van der Waals surface area contributed by atoms with Gasteiger partial charge in [0.25, 0.3) is 0 Å². The minimum absolute atomic E-state index is 0.608. The Kier molecular flexibility index (Phi) is 4.10. The SMILES string of the molecule is C=C(C)C(C)C(C)/C=C\C. The minimum Gasteiger partial charge on any atom is -0.0998 e. The molecule has 0 aliphatic rings. The first-order valence-electron chi connectivity index (χ1n) is 3.87. The summed E-state index contributed by atoms with van der Waals surface area (Å²) in [6.45, 7) is 12.5. The van der Waals surface area contributed by atoms with Crippen LogP contribution in [-0.4, -0.2) is 0 Å². The van der Waals surface area contributed by atoms with Gasteiger partial charge >= 0.3 is 0 Å². The Bertz CT molecular complexity index is 131. The third-order valence-corrected chi connectivity index (χ3v) is 2.06. The van der Waals surface area contributed by atoms with Crippen molar-refractivity contribution in [2.24, 2.45) is 11.8 Å². The molecule has 0 radical (unpaired) electrons. The summed E-state index contributed by atoms with van der Waals surface area (Å²) in [5.74, 6) is 1.23. The molecule has 0 amide bonds. The van der Waals surface area contributed by atoms with Crippen LogP contribution in [0.4, 0.5) is 0 Å². The molecular formula is C10H18. The van der Waals surface area contributed by atoms with Gasteiger partial charge in [0.2, 0.25) is 0 Å². The molecule has 0 aliphatic carbocycles. The summed E-state index contributed by atoms with van der Waals surface area (Å²) in [5.41, 5.74) is 1.27. The summed E-state index contributed by atoms with van der Waals surface area (Å²) < 4.78 is 0. The van der Waals surface area contributed by atoms with Gasteiger partial charge < -0.3 is 0 Å². The average molecular weight is 138 g/mol. The molecule has 0 spiro atoms. The molecule has 0 heterocycles. The molecule has 0 saturated carbocycles. The molecule has 0 aliphatic heterocycles. The second-order valence-electron chi connectivity index (χ2n) is 3.02. The number of hydrogen-bond acceptors (Lipinski definition) is 0. The fourth-order valence-electron chi connectivity index (χ4n) is 0.919. The number of rotatable bonds is 3. The van der Waals surface area contributed by atoms with Gasteiger partial charge in [-0.2, -0.15) is 0 Å². The van der Waals surface area contributed by atoms with Gasteiger partial charge in [0, 0.05) is 0 Å². The van der Waals surface area contributed by atoms with E-state index in [2.05, 4.69) is 46.4 Å². The van der Waals surface area contributed by atoms with Gasteiger partial charge in [-0.1, -0.05) is 38.2 Å². The van der Waals surface area contributed by atoms with Crippen molar-refractivity contribution in [2.75, 3.05) is 0 Å². The first-order valence-corrected chi connectivity index (χ1v) is 3.87. The van der Waals surface area contributed by atoms with Crippen molar-refractivity contribution in [1.29, 1.82) is 0 Å². The highest BCUT2D eigenvalue weighted by atomic mass is 14.1. The van der Waals surface area contributed by atoms with Crippen LogP contribution in [0.1, 0.15) is 27.7 Å². The van der Waals surface area contributed by atoms with Crippen molar-refractivity contribution in [3.8, 4) is 0 Å². The Hall–Kier alpha value is -0.520. The standard InChI is InChI=1S/C10H18/c1-6-7-9(4)10(5)8(2)3/h6-7,9-10H,2H2,1,3-5H3/b7-6-. The number of allylic oxidation sites excluding steroid dienone is 3. The highest BCUT2D eigenvalue weighted by Gasteiger charge is 2.07. The summed E-state index contributed by atoms with van der Waals surface area (Å²) in [6, 6.07) is 0. The maximum Gasteiger partial charge on any atom is -0.0177 e. The summed E-state index contributed by atoms with van der Waals surface area (Å²) >= 11 is 0. The van der Waals surface area contributed by atoms with E-state index in [0.717, 1.165) is 0 Å². The monoisotopic (exact) mass is 138 g/mol. The molecule has 58 valence electrons. The Morgan fingerprint density at radius 1 is 1.40 bits per heavy atom. The van der Waals surface area contributed by atoms with E-state index < -0.39 is 0 Å². The van der Waals surface area contributed by atoms with Gasteiger partial charge in [-0.15, -0.1) is 0 Å². The van der Waals surface area contributed by atoms with E-state index in [1.165, 1.54) is 5.57 Å². The van der Waals surface area contributed by atoms with Gasteiger partial charge in [0.15, 0.2) is 0 Å². The summed E-state index contributed by atoms with van der Waals surface area (Å²) in [5, 5.41) is 0. The largest absolute Gasteiger partial charge is 0.0998 e. The van der Waals surface area contributed by atoms with Crippen LogP contribution in [0.2, 0.25) is 0 Å². The Morgan fingerprint density at radius 2 is 1.90 bits per heavy atom. The van der Waals surface area contributed by atoms with E-state index in [1.54, 1.807) is 0 Å². The second kappa shape index (κ2) is 4.32. The molecule has 0 aromatic heterocycles. The Balaban J connectivity index is 3.93. The van der Waals surface area contributed by atoms with E-state index in [0.29, 0.717) is 11.8 Å². The predicted molar refractivity (Wildman–Crippen MR) is 48.0 cm³/mol. The van der Waals surface area contributed by atoms with Crippen LogP contribution in [0.3, 0.4) is 0 Å². The molecule has 0 aromatic rings. The summed E-state index contributed by atoms with van der Waals surface area (Å²) in [6.07, 6.45) is 4.32. The Labute approximate surface area is 64.6 Å². The molecule has 0 nitrogen and oxygen atoms in total. The third-order valence-electron chi connectivity index (χ3n) is 2.06. The normalized spacial score (nSPS) is 17.2. The Morgan fingerprint density at radius 3 is 2.20 bits per heavy atom. The quantitative estimate of drug-likeness (QED) is 0.524. The summed E-state index contributed by atoms with van der Waals surface area (Å²) in [4.78, 5) is 0. The van der Waals surface area contributed by atoms with Crippen molar-refractivity contribution in [3.05, 3.63) is 24.3 Å². The highest BCUT2D eigenvalue weighted by Crippen LogP contribution is 2.18. The minimum atomic E-state index is 0.608. The summed E-state index contributed by atoms with van der Waals surface area (Å²) in [7, 11) is 0. The van der Waals surface area contributed by atoms with Gasteiger partial charge in [0.1, 0.15) is 0 Å². The van der Waals surface area contributed by atoms with Crippen LogP contribution < -0.4 is 0 Å². The van der Waals surface area contributed by atoms with Crippen molar-refractivity contribution < 1.29 is 0 Å². The van der Waals surface area contributed by atoms with E-state index in [1.807, 2.05) is 0 Å². The van der Waals surface area contributed by atoms with Crippen LogP contribution in [-0.2, 0) is 0 Å². The zero-order chi connectivity index (χ0) is 8.15. The lowest BCUT2D eigenvalue weighted by atomic mass is 9.90. The van der Waals surface area contributed by atoms with Crippen LogP contribution in [0.15, 0.2) is 24.3 Å². The zero-order valence-corrected chi connectivity index (χ0v) is 7.52. The lowest BCUT2D eigenvalue weighted by Crippen LogP contribution is -2.05. The van der Waals surface area contributed by atoms with Gasteiger partial charge in [-0.3, -0.25) is 0 Å². The van der Waals surface area contributed by atoms with Crippen LogP contribution in [0.5, 0.6) is 0 Å². The van der Waals surface area contributed by atoms with Crippen molar-refractivity contribution >= 4 is 0 Å². The van der Waals surface area contributed by atoms with E-state index in [9.17, 15) is 0 Å². The van der Waals surface area contributed by atoms with Crippen LogP contribution in [0, 0.1) is 11.8 Å². The topological polar surface area (TPSA) is 0 Å². The molecule has 0 N–H and O–H groups in total. The molecule has 10 heavy (non-hydrogen) atoms. The molecule has 0 saturated heterocycles. The maximum atomic E-state index is 3.92. The first kappa shape index (κ1) is 9.48. The molecule has 2 unspecified atom stereocenters. The predicted octanol–water partition coefficient (Wildman–Crippen LogP) is 3.41. The molecule has 0 heteroatoms. The fraction of sp³-hybridized carbons (Fsp3) is 0.600. The van der Waals surface area contributed by atoms with Crippen molar-refractivity contribution in [2.45, 2.75) is 27.7 Å². The van der Waals surface area contributed by atoms with Gasteiger partial charge in [-0.05, 0) is 25.7 Å². The molecule has 0 fully saturated rings. The van der Waals surface area contributed by atoms with E-state index in [4.69, 9.17) is 0 Å². The van der Waals surface area contributed by atoms with E-state index >= 15 is 0 Å². The fourth-order valence-corrected chi connectivity index (χ4v) is 0.919.